The van der Waals surface area contributed by atoms with Crippen LogP contribution in [0.5, 0.6) is 5.75 Å². The van der Waals surface area contributed by atoms with Crippen LogP contribution in [0.15, 0.2) is 84.9 Å². The first-order chi connectivity index (χ1) is 18.0. The van der Waals surface area contributed by atoms with Crippen molar-refractivity contribution in [2.45, 2.75) is 20.8 Å². The molecule has 5 aromatic carbocycles. The number of aryl methyl sites for hydroxylation is 2. The molecule has 4 nitrogen and oxygen atoms in total. The number of fused-ring (bicyclic) bond motifs is 2. The molecule has 0 N–H and O–H groups in total. The summed E-state index contributed by atoms with van der Waals surface area (Å²) in [5.41, 5.74) is 2.80. The van der Waals surface area contributed by atoms with Crippen molar-refractivity contribution in [3.63, 3.8) is 0 Å². The van der Waals surface area contributed by atoms with Gasteiger partial charge in [-0.25, -0.2) is 0 Å². The van der Waals surface area contributed by atoms with Gasteiger partial charge in [-0.1, -0.05) is 72.8 Å². The summed E-state index contributed by atoms with van der Waals surface area (Å²) in [5, 5.41) is 3.66. The zero-order chi connectivity index (χ0) is 26.1. The first kappa shape index (κ1) is 24.5. The summed E-state index contributed by atoms with van der Waals surface area (Å²) in [6.45, 7) is 5.89. The van der Waals surface area contributed by atoms with Crippen molar-refractivity contribution in [3.05, 3.63) is 118 Å². The van der Waals surface area contributed by atoms with Gasteiger partial charge < -0.3 is 4.74 Å². The monoisotopic (exact) mass is 504 g/mol. The lowest BCUT2D eigenvalue weighted by molar-refractivity contribution is 0.100. The van der Waals surface area contributed by atoms with Crippen LogP contribution in [0.2, 0.25) is 0 Å². The molecule has 5 aromatic rings. The number of ether oxygens (including phenoxy) is 1. The fraction of sp³-hybridized carbons (Fsp3) is 0.125. The number of hydrogen-bond donors (Lipinski definition) is 0. The van der Waals surface area contributed by atoms with Crippen LogP contribution in [0, 0.1) is 13.8 Å². The minimum Gasteiger partial charge on any atom is -0.493 e. The Morgan fingerprint density at radius 1 is 0.649 bits per heavy atom. The van der Waals surface area contributed by atoms with Crippen molar-refractivity contribution in [1.29, 1.82) is 0 Å². The van der Waals surface area contributed by atoms with Gasteiger partial charge in [-0.05, 0) is 65.6 Å². The van der Waals surface area contributed by atoms with E-state index in [1.807, 2.05) is 93.6 Å². The fourth-order valence-corrected chi connectivity index (χ4v) is 5.43. The maximum absolute atomic E-state index is 14.4. The molecule has 0 bridgehead atoms. The highest BCUT2D eigenvalue weighted by Gasteiger charge is 2.30. The highest BCUT2D eigenvalue weighted by Crippen LogP contribution is 2.34. The number of rotatable bonds is 7. The van der Waals surface area contributed by atoms with Crippen LogP contribution >= 0.6 is 8.46 Å². The second-order valence-electron chi connectivity index (χ2n) is 8.97. The molecule has 0 saturated heterocycles. The lowest BCUT2D eigenvalue weighted by Crippen LogP contribution is -2.21. The van der Waals surface area contributed by atoms with E-state index in [1.54, 1.807) is 12.1 Å². The van der Waals surface area contributed by atoms with E-state index in [2.05, 4.69) is 0 Å². The van der Waals surface area contributed by atoms with E-state index in [9.17, 15) is 14.2 Å². The molecule has 5 rings (SSSR count). The molecule has 0 aromatic heterocycles. The van der Waals surface area contributed by atoms with Crippen LogP contribution in [0.4, 0.5) is 0 Å². The fourth-order valence-electron chi connectivity index (χ4n) is 4.99. The molecular weight excluding hydrogens is 479 g/mol. The van der Waals surface area contributed by atoms with Crippen LogP contribution in [-0.2, 0) is 4.57 Å². The third kappa shape index (κ3) is 4.24. The van der Waals surface area contributed by atoms with E-state index in [0.717, 1.165) is 32.7 Å². The number of carbonyl (C=O) groups is 2. The Labute approximate surface area is 217 Å². The van der Waals surface area contributed by atoms with Crippen molar-refractivity contribution >= 4 is 46.9 Å². The summed E-state index contributed by atoms with van der Waals surface area (Å²) in [6.07, 6.45) is 0. The Morgan fingerprint density at radius 2 is 1.16 bits per heavy atom. The van der Waals surface area contributed by atoms with Gasteiger partial charge in [-0.2, -0.15) is 0 Å². The van der Waals surface area contributed by atoms with Crippen LogP contribution in [0.3, 0.4) is 0 Å². The van der Waals surface area contributed by atoms with Crippen molar-refractivity contribution in [1.82, 2.24) is 0 Å². The average molecular weight is 505 g/mol. The SMILES string of the molecule is CCOc1ccc(P=O)c(C(=O)c2c(C)ccc3ccccc23)c1C(=O)c1c(C)ccc2ccccc12. The lowest BCUT2D eigenvalue weighted by atomic mass is 9.86. The largest absolute Gasteiger partial charge is 0.493 e. The molecule has 0 unspecified atom stereocenters. The minimum atomic E-state index is -0.351. The van der Waals surface area contributed by atoms with E-state index in [-0.39, 0.29) is 36.5 Å². The predicted octanol–water partition coefficient (Wildman–Crippen LogP) is 7.39. The first-order valence-electron chi connectivity index (χ1n) is 12.2. The zero-order valence-electron chi connectivity index (χ0n) is 20.9. The Balaban J connectivity index is 1.85. The first-order valence-corrected chi connectivity index (χ1v) is 13.0. The summed E-state index contributed by atoms with van der Waals surface area (Å²) in [6, 6.07) is 26.3. The molecule has 0 aliphatic rings. The number of benzene rings is 5. The van der Waals surface area contributed by atoms with Crippen molar-refractivity contribution in [2.75, 3.05) is 6.61 Å². The van der Waals surface area contributed by atoms with Crippen molar-refractivity contribution < 1.29 is 18.9 Å². The van der Waals surface area contributed by atoms with Gasteiger partial charge >= 0.3 is 0 Å². The Hall–Kier alpha value is -4.14. The molecule has 0 spiro atoms. The van der Waals surface area contributed by atoms with Gasteiger partial charge in [-0.15, -0.1) is 0 Å². The molecule has 37 heavy (non-hydrogen) atoms. The molecule has 0 radical (unpaired) electrons. The second kappa shape index (κ2) is 10.1. The summed E-state index contributed by atoms with van der Waals surface area (Å²) in [4.78, 5) is 28.8. The predicted molar refractivity (Wildman–Crippen MR) is 149 cm³/mol. The van der Waals surface area contributed by atoms with E-state index >= 15 is 0 Å². The molecule has 0 heterocycles. The number of hydrogen-bond acceptors (Lipinski definition) is 4. The Bertz CT molecular complexity index is 1720. The van der Waals surface area contributed by atoms with Gasteiger partial charge in [0.1, 0.15) is 5.75 Å². The van der Waals surface area contributed by atoms with Crippen LogP contribution in [0.25, 0.3) is 21.5 Å². The van der Waals surface area contributed by atoms with Gasteiger partial charge in [-0.3, -0.25) is 14.2 Å². The summed E-state index contributed by atoms with van der Waals surface area (Å²) in [7, 11) is -0.351. The molecule has 0 amide bonds. The van der Waals surface area contributed by atoms with Crippen molar-refractivity contribution in [2.24, 2.45) is 0 Å². The molecule has 0 atom stereocenters. The third-order valence-corrected chi connectivity index (χ3v) is 7.30. The molecular formula is C32H25O4P. The molecule has 0 aliphatic carbocycles. The Kier molecular flexibility index (Phi) is 6.69. The quantitative estimate of drug-likeness (QED) is 0.171. The van der Waals surface area contributed by atoms with Gasteiger partial charge in [0, 0.05) is 11.1 Å². The van der Waals surface area contributed by atoms with Crippen LogP contribution in [0.1, 0.15) is 49.9 Å². The van der Waals surface area contributed by atoms with Crippen molar-refractivity contribution in [3.8, 4) is 5.75 Å². The van der Waals surface area contributed by atoms with Gasteiger partial charge in [0.15, 0.2) is 20.0 Å². The highest BCUT2D eigenvalue weighted by molar-refractivity contribution is 7.34. The van der Waals surface area contributed by atoms with Crippen LogP contribution in [-0.4, -0.2) is 18.2 Å². The van der Waals surface area contributed by atoms with Crippen LogP contribution < -0.4 is 10.0 Å². The normalized spacial score (nSPS) is 11.2. The smallest absolute Gasteiger partial charge is 0.198 e. The van der Waals surface area contributed by atoms with E-state index in [4.69, 9.17) is 4.74 Å². The average Bonchev–Trinajstić information content (AvgIpc) is 2.92. The van der Waals surface area contributed by atoms with Gasteiger partial charge in [0.2, 0.25) is 0 Å². The van der Waals surface area contributed by atoms with E-state index in [1.165, 1.54) is 0 Å². The lowest BCUT2D eigenvalue weighted by Gasteiger charge is -2.18. The standard InChI is InChI=1S/C32H25O4P/c1-4-36-25-17-18-26(37-35)30(32(34)28-20(3)14-16-22-10-6-8-12-24(22)28)29(25)31(33)27-19(2)13-15-21-9-5-7-11-23(21)27/h5-18H,4H2,1-3H3. The van der Waals surface area contributed by atoms with Gasteiger partial charge in [0.25, 0.3) is 0 Å². The van der Waals surface area contributed by atoms with E-state index in [0.29, 0.717) is 23.5 Å². The Morgan fingerprint density at radius 3 is 1.68 bits per heavy atom. The minimum absolute atomic E-state index is 0.111. The molecule has 182 valence electrons. The highest BCUT2D eigenvalue weighted by atomic mass is 31.1. The topological polar surface area (TPSA) is 60.4 Å². The maximum atomic E-state index is 14.4. The summed E-state index contributed by atoms with van der Waals surface area (Å²) >= 11 is 0. The van der Waals surface area contributed by atoms with Gasteiger partial charge in [0.05, 0.1) is 23.0 Å². The summed E-state index contributed by atoms with van der Waals surface area (Å²) < 4.78 is 18.3. The third-order valence-electron chi connectivity index (χ3n) is 6.73. The second-order valence-corrected chi connectivity index (χ2v) is 9.64. The molecule has 0 aliphatic heterocycles. The number of carbonyl (C=O) groups excluding carboxylic acids is 2. The number of ketones is 2. The maximum Gasteiger partial charge on any atom is 0.198 e. The zero-order valence-corrected chi connectivity index (χ0v) is 21.8. The molecule has 5 heteroatoms. The summed E-state index contributed by atoms with van der Waals surface area (Å²) in [5.74, 6) is -0.381. The van der Waals surface area contributed by atoms with E-state index < -0.39 is 0 Å². The molecule has 0 saturated carbocycles. The molecule has 0 fully saturated rings.